The van der Waals surface area contributed by atoms with Crippen LogP contribution in [0, 0.1) is 17.0 Å². The number of nitrogens with zero attached hydrogens (tertiary/aromatic N) is 4. The third-order valence-electron chi connectivity index (χ3n) is 3.38. The minimum absolute atomic E-state index is 0.0159. The maximum atomic E-state index is 10.8. The van der Waals surface area contributed by atoms with Crippen molar-refractivity contribution < 1.29 is 4.92 Å². The van der Waals surface area contributed by atoms with E-state index in [9.17, 15) is 10.1 Å². The molecule has 7 nitrogen and oxygen atoms in total. The summed E-state index contributed by atoms with van der Waals surface area (Å²) in [4.78, 5) is 19.1. The highest BCUT2D eigenvalue weighted by Gasteiger charge is 2.05. The molecule has 0 spiro atoms. The summed E-state index contributed by atoms with van der Waals surface area (Å²) in [7, 11) is 0. The van der Waals surface area contributed by atoms with Crippen LogP contribution in [0.5, 0.6) is 0 Å². The van der Waals surface area contributed by atoms with Gasteiger partial charge in [-0.1, -0.05) is 42.5 Å². The standard InChI is InChI=1S/C18H15N5O2/c1-13-10-17(15-7-3-2-4-8-15)21-18(20-13)22-19-12-14-6-5-9-16(11-14)23(24)25/h2-12H,1H3,(H,20,21,22). The van der Waals surface area contributed by atoms with Gasteiger partial charge in [0.15, 0.2) is 0 Å². The number of hydrazone groups is 1. The summed E-state index contributed by atoms with van der Waals surface area (Å²) in [6, 6.07) is 17.9. The van der Waals surface area contributed by atoms with Crippen LogP contribution < -0.4 is 5.43 Å². The Morgan fingerprint density at radius 1 is 1.08 bits per heavy atom. The Labute approximate surface area is 144 Å². The van der Waals surface area contributed by atoms with Gasteiger partial charge in [-0.2, -0.15) is 5.10 Å². The number of hydrogen-bond acceptors (Lipinski definition) is 6. The van der Waals surface area contributed by atoms with E-state index in [0.717, 1.165) is 17.0 Å². The largest absolute Gasteiger partial charge is 0.270 e. The molecule has 3 rings (SSSR count). The lowest BCUT2D eigenvalue weighted by Gasteiger charge is -2.05. The van der Waals surface area contributed by atoms with Crippen molar-refractivity contribution >= 4 is 17.9 Å². The molecule has 1 aromatic heterocycles. The second-order valence-corrected chi connectivity index (χ2v) is 5.31. The van der Waals surface area contributed by atoms with E-state index in [0.29, 0.717) is 11.5 Å². The van der Waals surface area contributed by atoms with E-state index in [-0.39, 0.29) is 5.69 Å². The predicted molar refractivity (Wildman–Crippen MR) is 96.5 cm³/mol. The average Bonchev–Trinajstić information content (AvgIpc) is 2.62. The van der Waals surface area contributed by atoms with Crippen LogP contribution in [0.15, 0.2) is 65.8 Å². The van der Waals surface area contributed by atoms with Gasteiger partial charge >= 0.3 is 0 Å². The van der Waals surface area contributed by atoms with Gasteiger partial charge in [0.1, 0.15) is 0 Å². The first-order chi connectivity index (χ1) is 12.1. The molecule has 1 heterocycles. The molecule has 0 fully saturated rings. The quantitative estimate of drug-likeness (QED) is 0.435. The molecule has 1 N–H and O–H groups in total. The smallest absolute Gasteiger partial charge is 0.258 e. The zero-order chi connectivity index (χ0) is 17.6. The van der Waals surface area contributed by atoms with Crippen LogP contribution in [0.1, 0.15) is 11.3 Å². The van der Waals surface area contributed by atoms with E-state index in [1.54, 1.807) is 12.1 Å². The molecule has 25 heavy (non-hydrogen) atoms. The summed E-state index contributed by atoms with van der Waals surface area (Å²) in [5.41, 5.74) is 5.98. The monoisotopic (exact) mass is 333 g/mol. The molecule has 0 aliphatic rings. The van der Waals surface area contributed by atoms with Crippen molar-refractivity contribution in [2.75, 3.05) is 5.43 Å². The van der Waals surface area contributed by atoms with Gasteiger partial charge in [-0.3, -0.25) is 10.1 Å². The maximum Gasteiger partial charge on any atom is 0.270 e. The van der Waals surface area contributed by atoms with Crippen LogP contribution in [0.25, 0.3) is 11.3 Å². The van der Waals surface area contributed by atoms with Gasteiger partial charge in [0, 0.05) is 29.0 Å². The zero-order valence-electron chi connectivity index (χ0n) is 13.5. The summed E-state index contributed by atoms with van der Waals surface area (Å²) in [5.74, 6) is 0.362. The highest BCUT2D eigenvalue weighted by atomic mass is 16.6. The van der Waals surface area contributed by atoms with Gasteiger partial charge in [-0.25, -0.2) is 15.4 Å². The number of aromatic nitrogens is 2. The molecule has 0 bridgehead atoms. The van der Waals surface area contributed by atoms with Gasteiger partial charge in [0.25, 0.3) is 5.69 Å². The first-order valence-corrected chi connectivity index (χ1v) is 7.56. The minimum Gasteiger partial charge on any atom is -0.258 e. The summed E-state index contributed by atoms with van der Waals surface area (Å²) in [6.45, 7) is 1.88. The average molecular weight is 333 g/mol. The number of aryl methyl sites for hydroxylation is 1. The molecule has 3 aromatic rings. The molecule has 2 aromatic carbocycles. The summed E-state index contributed by atoms with van der Waals surface area (Å²) >= 11 is 0. The SMILES string of the molecule is Cc1cc(-c2ccccc2)nc(NN=Cc2cccc([N+](=O)[O-])c2)n1. The van der Waals surface area contributed by atoms with Gasteiger partial charge in [0.05, 0.1) is 16.8 Å². The Kier molecular flexibility index (Phi) is 4.75. The van der Waals surface area contributed by atoms with Crippen molar-refractivity contribution in [3.63, 3.8) is 0 Å². The van der Waals surface area contributed by atoms with Gasteiger partial charge in [0.2, 0.25) is 5.95 Å². The van der Waals surface area contributed by atoms with Crippen molar-refractivity contribution in [3.05, 3.63) is 82.0 Å². The number of rotatable bonds is 5. The van der Waals surface area contributed by atoms with Crippen LogP contribution >= 0.6 is 0 Å². The molecule has 0 amide bonds. The molecule has 0 aliphatic carbocycles. The molecule has 124 valence electrons. The second-order valence-electron chi connectivity index (χ2n) is 5.31. The van der Waals surface area contributed by atoms with Crippen molar-refractivity contribution in [2.45, 2.75) is 6.92 Å². The first-order valence-electron chi connectivity index (χ1n) is 7.56. The van der Waals surface area contributed by atoms with Crippen molar-refractivity contribution in [2.24, 2.45) is 5.10 Å². The topological polar surface area (TPSA) is 93.3 Å². The minimum atomic E-state index is -0.444. The van der Waals surface area contributed by atoms with E-state index in [1.165, 1.54) is 18.3 Å². The van der Waals surface area contributed by atoms with Crippen LogP contribution in [0.4, 0.5) is 11.6 Å². The van der Waals surface area contributed by atoms with E-state index in [2.05, 4.69) is 20.5 Å². The number of anilines is 1. The molecular formula is C18H15N5O2. The number of non-ortho nitro benzene ring substituents is 1. The Balaban J connectivity index is 1.78. The fraction of sp³-hybridized carbons (Fsp3) is 0.0556. The van der Waals surface area contributed by atoms with Crippen LogP contribution in [-0.2, 0) is 0 Å². The number of nitrogens with one attached hydrogen (secondary N) is 1. The molecule has 0 saturated carbocycles. The van der Waals surface area contributed by atoms with Crippen LogP contribution in [0.2, 0.25) is 0 Å². The fourth-order valence-electron chi connectivity index (χ4n) is 2.26. The third kappa shape index (κ3) is 4.23. The first kappa shape index (κ1) is 16.3. The van der Waals surface area contributed by atoms with Gasteiger partial charge in [-0.15, -0.1) is 0 Å². The van der Waals surface area contributed by atoms with E-state index in [4.69, 9.17) is 0 Å². The van der Waals surface area contributed by atoms with Crippen molar-refractivity contribution in [3.8, 4) is 11.3 Å². The van der Waals surface area contributed by atoms with Crippen molar-refractivity contribution in [1.29, 1.82) is 0 Å². The molecular weight excluding hydrogens is 318 g/mol. The van der Waals surface area contributed by atoms with E-state index in [1.807, 2.05) is 43.3 Å². The Morgan fingerprint density at radius 3 is 2.64 bits per heavy atom. The Morgan fingerprint density at radius 2 is 1.88 bits per heavy atom. The highest BCUT2D eigenvalue weighted by molar-refractivity contribution is 5.81. The number of benzene rings is 2. The third-order valence-corrected chi connectivity index (χ3v) is 3.38. The Hall–Kier alpha value is -3.61. The molecule has 7 heteroatoms. The molecule has 0 aliphatic heterocycles. The number of nitro groups is 1. The van der Waals surface area contributed by atoms with E-state index < -0.39 is 4.92 Å². The van der Waals surface area contributed by atoms with Crippen LogP contribution in [0.3, 0.4) is 0 Å². The second kappa shape index (κ2) is 7.31. The van der Waals surface area contributed by atoms with Gasteiger partial charge in [-0.05, 0) is 13.0 Å². The van der Waals surface area contributed by atoms with Crippen LogP contribution in [-0.4, -0.2) is 21.1 Å². The molecule has 0 saturated heterocycles. The molecule has 0 atom stereocenters. The van der Waals surface area contributed by atoms with Gasteiger partial charge < -0.3 is 0 Å². The maximum absolute atomic E-state index is 10.8. The fourth-order valence-corrected chi connectivity index (χ4v) is 2.26. The molecule has 0 unspecified atom stereocenters. The zero-order valence-corrected chi connectivity index (χ0v) is 13.5. The van der Waals surface area contributed by atoms with E-state index >= 15 is 0 Å². The molecule has 0 radical (unpaired) electrons. The Bertz CT molecular complexity index is 926. The lowest BCUT2D eigenvalue weighted by molar-refractivity contribution is -0.384. The highest BCUT2D eigenvalue weighted by Crippen LogP contribution is 2.18. The summed E-state index contributed by atoms with van der Waals surface area (Å²) < 4.78 is 0. The lowest BCUT2D eigenvalue weighted by Crippen LogP contribution is -2.00. The lowest BCUT2D eigenvalue weighted by atomic mass is 10.1. The summed E-state index contributed by atoms with van der Waals surface area (Å²) in [5, 5.41) is 14.8. The number of nitro benzene ring substituents is 1. The normalized spacial score (nSPS) is 10.8. The summed E-state index contributed by atoms with van der Waals surface area (Å²) in [6.07, 6.45) is 1.49. The predicted octanol–water partition coefficient (Wildman–Crippen LogP) is 3.81. The number of hydrogen-bond donors (Lipinski definition) is 1. The van der Waals surface area contributed by atoms with Crippen molar-refractivity contribution in [1.82, 2.24) is 9.97 Å².